The van der Waals surface area contributed by atoms with Gasteiger partial charge in [0.2, 0.25) is 0 Å². The van der Waals surface area contributed by atoms with Crippen LogP contribution in [0.1, 0.15) is 12.7 Å². The zero-order valence-electron chi connectivity index (χ0n) is 14.5. The van der Waals surface area contributed by atoms with Crippen molar-refractivity contribution in [3.05, 3.63) is 42.4 Å². The molecule has 24 heavy (non-hydrogen) atoms. The van der Waals surface area contributed by atoms with Gasteiger partial charge in [-0.05, 0) is 12.5 Å². The minimum Gasteiger partial charge on any atom is -0.383 e. The monoisotopic (exact) mass is 443 g/mol. The van der Waals surface area contributed by atoms with Gasteiger partial charge in [-0.25, -0.2) is 4.98 Å². The van der Waals surface area contributed by atoms with Crippen molar-refractivity contribution in [2.45, 2.75) is 13.5 Å². The number of rotatable bonds is 7. The Morgan fingerprint density at radius 3 is 2.75 bits per heavy atom. The Morgan fingerprint density at radius 2 is 2.08 bits per heavy atom. The van der Waals surface area contributed by atoms with Crippen molar-refractivity contribution in [3.8, 4) is 11.3 Å². The van der Waals surface area contributed by atoms with E-state index in [4.69, 9.17) is 4.74 Å². The van der Waals surface area contributed by atoms with Crippen molar-refractivity contribution in [3.63, 3.8) is 0 Å². The maximum atomic E-state index is 5.05. The number of benzene rings is 1. The lowest BCUT2D eigenvalue weighted by Gasteiger charge is -2.21. The Morgan fingerprint density at radius 1 is 1.33 bits per heavy atom. The third kappa shape index (κ3) is 6.12. The van der Waals surface area contributed by atoms with E-state index in [0.29, 0.717) is 19.7 Å². The van der Waals surface area contributed by atoms with Gasteiger partial charge in [-0.2, -0.15) is 0 Å². The van der Waals surface area contributed by atoms with Crippen LogP contribution in [-0.2, 0) is 11.3 Å². The predicted octanol–water partition coefficient (Wildman–Crippen LogP) is 2.74. The molecule has 7 heteroatoms. The number of hydrogen-bond donors (Lipinski definition) is 2. The van der Waals surface area contributed by atoms with Crippen molar-refractivity contribution in [2.24, 2.45) is 4.99 Å². The first kappa shape index (κ1) is 20.4. The number of methoxy groups -OCH3 is 1. The number of aliphatic imine (C=N–C) groups is 1. The van der Waals surface area contributed by atoms with Crippen LogP contribution in [-0.4, -0.2) is 54.7 Å². The molecule has 2 N–H and O–H groups in total. The number of hydrogen-bond acceptors (Lipinski definition) is 3. The number of aromatic amines is 1. The molecule has 1 heterocycles. The number of aromatic nitrogens is 2. The van der Waals surface area contributed by atoms with Crippen LogP contribution < -0.4 is 5.32 Å². The van der Waals surface area contributed by atoms with Crippen LogP contribution in [0.3, 0.4) is 0 Å². The summed E-state index contributed by atoms with van der Waals surface area (Å²) in [6.07, 6.45) is 1.87. The minimum absolute atomic E-state index is 0. The largest absolute Gasteiger partial charge is 0.383 e. The Hall–Kier alpha value is -1.61. The SMILES string of the molecule is CCNC(=NCCOC)N(C)Cc1ncc(-c2ccccc2)[nH]1.I. The van der Waals surface area contributed by atoms with E-state index in [1.165, 1.54) is 0 Å². The average Bonchev–Trinajstić information content (AvgIpc) is 3.03. The molecule has 0 aliphatic rings. The van der Waals surface area contributed by atoms with Gasteiger partial charge in [-0.1, -0.05) is 30.3 Å². The molecule has 2 aromatic rings. The average molecular weight is 443 g/mol. The van der Waals surface area contributed by atoms with Crippen LogP contribution in [0.2, 0.25) is 0 Å². The number of guanidine groups is 1. The van der Waals surface area contributed by atoms with Crippen molar-refractivity contribution < 1.29 is 4.74 Å². The fraction of sp³-hybridized carbons (Fsp3) is 0.412. The second kappa shape index (κ2) is 11.0. The third-order valence-electron chi connectivity index (χ3n) is 3.35. The quantitative estimate of drug-likeness (QED) is 0.299. The standard InChI is InChI=1S/C17H25N5O.HI/c1-4-18-17(19-10-11-23-3)22(2)13-16-20-12-15(21-16)14-8-6-5-7-9-14;/h5-9,12H,4,10-11,13H2,1-3H3,(H,18,19)(H,20,21);1H. The molecule has 0 bridgehead atoms. The molecule has 0 saturated carbocycles. The van der Waals surface area contributed by atoms with Gasteiger partial charge in [-0.3, -0.25) is 4.99 Å². The Labute approximate surface area is 160 Å². The molecule has 0 fully saturated rings. The molecular formula is C17H26IN5O. The van der Waals surface area contributed by atoms with Crippen LogP contribution in [0.25, 0.3) is 11.3 Å². The van der Waals surface area contributed by atoms with Crippen LogP contribution in [0.5, 0.6) is 0 Å². The molecule has 132 valence electrons. The second-order valence-corrected chi connectivity index (χ2v) is 5.19. The molecule has 0 aliphatic heterocycles. The maximum absolute atomic E-state index is 5.05. The number of nitrogens with zero attached hydrogens (tertiary/aromatic N) is 3. The first-order valence-electron chi connectivity index (χ1n) is 7.82. The van der Waals surface area contributed by atoms with E-state index in [-0.39, 0.29) is 24.0 Å². The van der Waals surface area contributed by atoms with Crippen molar-refractivity contribution in [1.29, 1.82) is 0 Å². The van der Waals surface area contributed by atoms with Crippen LogP contribution in [0, 0.1) is 0 Å². The fourth-order valence-electron chi connectivity index (χ4n) is 2.22. The summed E-state index contributed by atoms with van der Waals surface area (Å²) in [5.41, 5.74) is 2.16. The first-order chi connectivity index (χ1) is 11.2. The summed E-state index contributed by atoms with van der Waals surface area (Å²) in [5, 5.41) is 3.28. The van der Waals surface area contributed by atoms with E-state index in [9.17, 15) is 0 Å². The van der Waals surface area contributed by atoms with Crippen LogP contribution in [0.15, 0.2) is 41.5 Å². The molecule has 1 aromatic heterocycles. The minimum atomic E-state index is 0. The number of imidazole rings is 1. The topological polar surface area (TPSA) is 65.5 Å². The van der Waals surface area contributed by atoms with Gasteiger partial charge in [0, 0.05) is 20.7 Å². The lowest BCUT2D eigenvalue weighted by atomic mass is 10.2. The third-order valence-corrected chi connectivity index (χ3v) is 3.35. The van der Waals surface area contributed by atoms with Gasteiger partial charge in [0.05, 0.1) is 31.6 Å². The highest BCUT2D eigenvalue weighted by Crippen LogP contribution is 2.16. The molecular weight excluding hydrogens is 417 g/mol. The van der Waals surface area contributed by atoms with E-state index in [0.717, 1.165) is 29.6 Å². The van der Waals surface area contributed by atoms with E-state index in [2.05, 4.69) is 39.3 Å². The molecule has 0 saturated heterocycles. The summed E-state index contributed by atoms with van der Waals surface area (Å²) < 4.78 is 5.05. The summed E-state index contributed by atoms with van der Waals surface area (Å²) in [6, 6.07) is 10.2. The zero-order chi connectivity index (χ0) is 16.5. The van der Waals surface area contributed by atoms with Gasteiger partial charge < -0.3 is 19.9 Å². The number of H-pyrrole nitrogens is 1. The van der Waals surface area contributed by atoms with Gasteiger partial charge in [-0.15, -0.1) is 24.0 Å². The van der Waals surface area contributed by atoms with Gasteiger partial charge >= 0.3 is 0 Å². The van der Waals surface area contributed by atoms with Gasteiger partial charge in [0.1, 0.15) is 5.82 Å². The molecule has 0 amide bonds. The number of halogens is 1. The molecule has 0 spiro atoms. The van der Waals surface area contributed by atoms with Crippen molar-refractivity contribution in [2.75, 3.05) is 33.9 Å². The Balaban J connectivity index is 0.00000288. The molecule has 0 unspecified atom stereocenters. The molecule has 0 atom stereocenters. The second-order valence-electron chi connectivity index (χ2n) is 5.19. The molecule has 2 rings (SSSR count). The highest BCUT2D eigenvalue weighted by molar-refractivity contribution is 14.0. The van der Waals surface area contributed by atoms with Crippen LogP contribution in [0.4, 0.5) is 0 Å². The van der Waals surface area contributed by atoms with Crippen molar-refractivity contribution in [1.82, 2.24) is 20.2 Å². The molecule has 1 aromatic carbocycles. The predicted molar refractivity (Wildman–Crippen MR) is 109 cm³/mol. The highest BCUT2D eigenvalue weighted by Gasteiger charge is 2.09. The molecule has 0 aliphatic carbocycles. The number of ether oxygens (including phenoxy) is 1. The zero-order valence-corrected chi connectivity index (χ0v) is 16.8. The first-order valence-corrected chi connectivity index (χ1v) is 7.82. The summed E-state index contributed by atoms with van der Waals surface area (Å²) in [6.45, 7) is 4.79. The Kier molecular flexibility index (Phi) is 9.39. The lowest BCUT2D eigenvalue weighted by molar-refractivity contribution is 0.207. The summed E-state index contributed by atoms with van der Waals surface area (Å²) >= 11 is 0. The van der Waals surface area contributed by atoms with E-state index >= 15 is 0 Å². The van der Waals surface area contributed by atoms with Crippen molar-refractivity contribution >= 4 is 29.9 Å². The summed E-state index contributed by atoms with van der Waals surface area (Å²) in [4.78, 5) is 14.4. The number of nitrogens with one attached hydrogen (secondary N) is 2. The lowest BCUT2D eigenvalue weighted by Crippen LogP contribution is -2.39. The van der Waals surface area contributed by atoms with Crippen LogP contribution >= 0.6 is 24.0 Å². The highest BCUT2D eigenvalue weighted by atomic mass is 127. The smallest absolute Gasteiger partial charge is 0.194 e. The van der Waals surface area contributed by atoms with E-state index in [1.807, 2.05) is 36.3 Å². The van der Waals surface area contributed by atoms with E-state index in [1.54, 1.807) is 7.11 Å². The van der Waals surface area contributed by atoms with Gasteiger partial charge in [0.25, 0.3) is 0 Å². The Bertz CT molecular complexity index is 614. The maximum Gasteiger partial charge on any atom is 0.194 e. The normalized spacial score (nSPS) is 11.0. The molecule has 6 nitrogen and oxygen atoms in total. The molecule has 0 radical (unpaired) electrons. The summed E-state index contributed by atoms with van der Waals surface area (Å²) in [5.74, 6) is 1.76. The van der Waals surface area contributed by atoms with E-state index < -0.39 is 0 Å². The fourth-order valence-corrected chi connectivity index (χ4v) is 2.22. The summed E-state index contributed by atoms with van der Waals surface area (Å²) in [7, 11) is 3.68. The van der Waals surface area contributed by atoms with Gasteiger partial charge in [0.15, 0.2) is 5.96 Å².